The average molecular weight is 339 g/mol. The highest BCUT2D eigenvalue weighted by atomic mass is 19.1. The highest BCUT2D eigenvalue weighted by Gasteiger charge is 2.36. The van der Waals surface area contributed by atoms with Crippen molar-refractivity contribution in [2.75, 3.05) is 28.6 Å². The van der Waals surface area contributed by atoms with Crippen molar-refractivity contribution >= 4 is 23.0 Å². The zero-order chi connectivity index (χ0) is 17.4. The van der Waals surface area contributed by atoms with Crippen molar-refractivity contribution in [3.8, 4) is 0 Å². The molecule has 5 heteroatoms. The van der Waals surface area contributed by atoms with Gasteiger partial charge in [0, 0.05) is 30.2 Å². The molecule has 0 aliphatic carbocycles. The van der Waals surface area contributed by atoms with Gasteiger partial charge >= 0.3 is 0 Å². The molecule has 2 heterocycles. The Balaban J connectivity index is 1.66. The molecule has 4 nitrogen and oxygen atoms in total. The number of benzene rings is 2. The molecular weight excluding hydrogens is 317 g/mol. The van der Waals surface area contributed by atoms with E-state index in [1.54, 1.807) is 17.0 Å². The van der Waals surface area contributed by atoms with E-state index in [-0.39, 0.29) is 17.8 Å². The van der Waals surface area contributed by atoms with Gasteiger partial charge in [-0.2, -0.15) is 0 Å². The summed E-state index contributed by atoms with van der Waals surface area (Å²) in [5.74, 6) is -0.268. The van der Waals surface area contributed by atoms with E-state index in [0.29, 0.717) is 12.2 Å². The van der Waals surface area contributed by atoms with Gasteiger partial charge in [-0.25, -0.2) is 4.39 Å². The molecule has 25 heavy (non-hydrogen) atoms. The number of hydrogen-bond donors (Lipinski definition) is 1. The van der Waals surface area contributed by atoms with Gasteiger partial charge in [0.1, 0.15) is 11.9 Å². The van der Waals surface area contributed by atoms with E-state index < -0.39 is 0 Å². The van der Waals surface area contributed by atoms with E-state index >= 15 is 0 Å². The minimum absolute atomic E-state index is 0.0483. The zero-order valence-corrected chi connectivity index (χ0v) is 14.1. The summed E-state index contributed by atoms with van der Waals surface area (Å²) in [4.78, 5) is 17.1. The first-order valence-electron chi connectivity index (χ1n) is 8.86. The maximum absolute atomic E-state index is 13.6. The number of hydrogen-bond acceptors (Lipinski definition) is 3. The maximum Gasteiger partial charge on any atom is 0.249 e. The Morgan fingerprint density at radius 1 is 1.08 bits per heavy atom. The third kappa shape index (κ3) is 2.84. The monoisotopic (exact) mass is 339 g/mol. The van der Waals surface area contributed by atoms with Crippen molar-refractivity contribution in [2.45, 2.75) is 31.7 Å². The predicted octanol–water partition coefficient (Wildman–Crippen LogP) is 3.36. The van der Waals surface area contributed by atoms with Gasteiger partial charge in [-0.15, -0.1) is 0 Å². The van der Waals surface area contributed by atoms with Crippen molar-refractivity contribution in [2.24, 2.45) is 0 Å². The summed E-state index contributed by atoms with van der Waals surface area (Å²) < 4.78 is 13.6. The van der Waals surface area contributed by atoms with Crippen LogP contribution >= 0.6 is 0 Å². The second-order valence-corrected chi connectivity index (χ2v) is 6.77. The van der Waals surface area contributed by atoms with Crippen molar-refractivity contribution in [1.29, 1.82) is 0 Å². The number of nitrogens with zero attached hydrogens (tertiary/aromatic N) is 2. The lowest BCUT2D eigenvalue weighted by Crippen LogP contribution is -2.54. The second-order valence-electron chi connectivity index (χ2n) is 6.77. The van der Waals surface area contributed by atoms with Gasteiger partial charge in [-0.3, -0.25) is 4.79 Å². The number of nitrogen functional groups attached to an aromatic ring is 1. The van der Waals surface area contributed by atoms with E-state index in [2.05, 4.69) is 11.0 Å². The molecule has 130 valence electrons. The Morgan fingerprint density at radius 2 is 1.92 bits per heavy atom. The van der Waals surface area contributed by atoms with Gasteiger partial charge in [0.05, 0.1) is 0 Å². The maximum atomic E-state index is 13.6. The van der Waals surface area contributed by atoms with Crippen LogP contribution in [0.2, 0.25) is 0 Å². The normalized spacial score (nSPS) is 20.5. The SMILES string of the molecule is Nc1cccc2c1CCCN2C1CCCN(c2cccc(F)c2)C1=O. The molecule has 2 N–H and O–H groups in total. The topological polar surface area (TPSA) is 49.6 Å². The molecule has 2 aliphatic rings. The molecule has 0 aromatic heterocycles. The zero-order valence-electron chi connectivity index (χ0n) is 14.1. The van der Waals surface area contributed by atoms with E-state index in [0.717, 1.165) is 49.2 Å². The van der Waals surface area contributed by atoms with Crippen LogP contribution in [0.4, 0.5) is 21.5 Å². The summed E-state index contributed by atoms with van der Waals surface area (Å²) >= 11 is 0. The van der Waals surface area contributed by atoms with Gasteiger partial charge in [0.25, 0.3) is 0 Å². The molecule has 1 fully saturated rings. The Kier molecular flexibility index (Phi) is 4.07. The molecule has 1 saturated heterocycles. The Bertz CT molecular complexity index is 807. The Hall–Kier alpha value is -2.56. The van der Waals surface area contributed by atoms with Crippen LogP contribution < -0.4 is 15.5 Å². The summed E-state index contributed by atoms with van der Waals surface area (Å²) in [6.45, 7) is 1.49. The number of halogens is 1. The minimum Gasteiger partial charge on any atom is -0.398 e. The quantitative estimate of drug-likeness (QED) is 0.854. The highest BCUT2D eigenvalue weighted by molar-refractivity contribution is 6.00. The summed E-state index contributed by atoms with van der Waals surface area (Å²) in [5, 5.41) is 0. The van der Waals surface area contributed by atoms with E-state index in [1.165, 1.54) is 12.1 Å². The molecule has 0 bridgehead atoms. The average Bonchev–Trinajstić information content (AvgIpc) is 2.62. The molecule has 2 aromatic rings. The first-order valence-corrected chi connectivity index (χ1v) is 8.86. The van der Waals surface area contributed by atoms with Crippen LogP contribution in [-0.4, -0.2) is 25.0 Å². The van der Waals surface area contributed by atoms with Crippen LogP contribution in [0.25, 0.3) is 0 Å². The number of rotatable bonds is 2. The molecule has 1 unspecified atom stereocenters. The Morgan fingerprint density at radius 3 is 2.76 bits per heavy atom. The number of carbonyl (C=O) groups is 1. The van der Waals surface area contributed by atoms with Crippen LogP contribution in [0, 0.1) is 5.82 Å². The molecular formula is C20H22FN3O. The largest absolute Gasteiger partial charge is 0.398 e. The third-order valence-electron chi connectivity index (χ3n) is 5.23. The van der Waals surface area contributed by atoms with Crippen LogP contribution in [0.15, 0.2) is 42.5 Å². The van der Waals surface area contributed by atoms with E-state index in [1.807, 2.05) is 12.1 Å². The van der Waals surface area contributed by atoms with Gasteiger partial charge in [0.15, 0.2) is 0 Å². The summed E-state index contributed by atoms with van der Waals surface area (Å²) in [7, 11) is 0. The molecule has 0 saturated carbocycles. The first-order chi connectivity index (χ1) is 12.1. The minimum atomic E-state index is -0.316. The number of piperidine rings is 1. The number of nitrogens with two attached hydrogens (primary N) is 1. The third-order valence-corrected chi connectivity index (χ3v) is 5.23. The lowest BCUT2D eigenvalue weighted by molar-refractivity contribution is -0.121. The molecule has 0 spiro atoms. The second kappa shape index (κ2) is 6.39. The Labute approximate surface area is 147 Å². The standard InChI is InChI=1S/C20H22FN3O/c21-14-5-1-6-15(13-14)23-11-4-10-19(20(23)25)24-12-3-7-16-17(22)8-2-9-18(16)24/h1-2,5-6,8-9,13,19H,3-4,7,10-12,22H2. The molecule has 0 radical (unpaired) electrons. The van der Waals surface area contributed by atoms with E-state index in [4.69, 9.17) is 5.73 Å². The van der Waals surface area contributed by atoms with E-state index in [9.17, 15) is 9.18 Å². The fourth-order valence-corrected chi connectivity index (χ4v) is 4.05. The number of fused-ring (bicyclic) bond motifs is 1. The molecule has 4 rings (SSSR count). The van der Waals surface area contributed by atoms with Crippen molar-refractivity contribution in [3.63, 3.8) is 0 Å². The van der Waals surface area contributed by atoms with Gasteiger partial charge in [0.2, 0.25) is 5.91 Å². The smallest absolute Gasteiger partial charge is 0.249 e. The van der Waals surface area contributed by atoms with Crippen LogP contribution in [0.3, 0.4) is 0 Å². The predicted molar refractivity (Wildman–Crippen MR) is 98.3 cm³/mol. The summed E-state index contributed by atoms with van der Waals surface area (Å²) in [6, 6.07) is 12.0. The lowest BCUT2D eigenvalue weighted by Gasteiger charge is -2.42. The molecule has 2 aromatic carbocycles. The van der Waals surface area contributed by atoms with Crippen molar-refractivity contribution in [3.05, 3.63) is 53.8 Å². The number of carbonyl (C=O) groups excluding carboxylic acids is 1. The van der Waals surface area contributed by atoms with Gasteiger partial charge in [-0.05, 0) is 61.6 Å². The number of anilines is 3. The fourth-order valence-electron chi connectivity index (χ4n) is 4.05. The fraction of sp³-hybridized carbons (Fsp3) is 0.350. The van der Waals surface area contributed by atoms with Crippen LogP contribution in [0.1, 0.15) is 24.8 Å². The first kappa shape index (κ1) is 15.9. The summed E-state index contributed by atoms with van der Waals surface area (Å²) in [5.41, 5.74) is 9.79. The number of amides is 1. The van der Waals surface area contributed by atoms with Crippen molar-refractivity contribution in [1.82, 2.24) is 0 Å². The van der Waals surface area contributed by atoms with Gasteiger partial charge in [-0.1, -0.05) is 12.1 Å². The van der Waals surface area contributed by atoms with Crippen LogP contribution in [-0.2, 0) is 11.2 Å². The molecule has 1 amide bonds. The molecule has 1 atom stereocenters. The lowest BCUT2D eigenvalue weighted by atomic mass is 9.94. The van der Waals surface area contributed by atoms with Gasteiger partial charge < -0.3 is 15.5 Å². The van der Waals surface area contributed by atoms with Crippen LogP contribution in [0.5, 0.6) is 0 Å². The molecule has 2 aliphatic heterocycles. The highest BCUT2D eigenvalue weighted by Crippen LogP contribution is 2.35. The summed E-state index contributed by atoms with van der Waals surface area (Å²) in [6.07, 6.45) is 3.66. The van der Waals surface area contributed by atoms with Crippen molar-refractivity contribution < 1.29 is 9.18 Å².